The van der Waals surface area contributed by atoms with E-state index in [0.29, 0.717) is 11.5 Å². The molecule has 0 spiro atoms. The molecule has 2 aliphatic rings. The predicted molar refractivity (Wildman–Crippen MR) is 71.7 cm³/mol. The van der Waals surface area contributed by atoms with Gasteiger partial charge in [0.1, 0.15) is 11.6 Å². The molecule has 3 heteroatoms. The Hall–Kier alpha value is -0.960. The SMILES string of the molecule is CNC(CC1CC2CCC1C2)c1cc(F)ccc1F. The van der Waals surface area contributed by atoms with Gasteiger partial charge in [-0.05, 0) is 68.7 Å². The van der Waals surface area contributed by atoms with Crippen LogP contribution in [-0.4, -0.2) is 7.05 Å². The predicted octanol–water partition coefficient (Wildman–Crippen LogP) is 4.05. The fourth-order valence-electron chi connectivity index (χ4n) is 4.15. The van der Waals surface area contributed by atoms with Crippen LogP contribution < -0.4 is 5.32 Å². The van der Waals surface area contributed by atoms with Crippen molar-refractivity contribution in [3.63, 3.8) is 0 Å². The smallest absolute Gasteiger partial charge is 0.128 e. The molecule has 4 atom stereocenters. The zero-order valence-corrected chi connectivity index (χ0v) is 11.3. The standard InChI is InChI=1S/C16H21F2N/c1-19-16(14-9-13(17)4-5-15(14)18)8-12-7-10-2-3-11(12)6-10/h4-5,9-12,16,19H,2-3,6-8H2,1H3. The molecule has 19 heavy (non-hydrogen) atoms. The topological polar surface area (TPSA) is 12.0 Å². The van der Waals surface area contributed by atoms with E-state index in [2.05, 4.69) is 5.32 Å². The minimum Gasteiger partial charge on any atom is -0.313 e. The van der Waals surface area contributed by atoms with E-state index in [1.54, 1.807) is 0 Å². The zero-order valence-electron chi connectivity index (χ0n) is 11.3. The summed E-state index contributed by atoms with van der Waals surface area (Å²) in [5.74, 6) is 1.73. The molecule has 3 rings (SSSR count). The van der Waals surface area contributed by atoms with Gasteiger partial charge >= 0.3 is 0 Å². The first-order valence-electron chi connectivity index (χ1n) is 7.29. The van der Waals surface area contributed by atoms with Crippen molar-refractivity contribution in [2.24, 2.45) is 17.8 Å². The lowest BCUT2D eigenvalue weighted by Gasteiger charge is -2.27. The van der Waals surface area contributed by atoms with Crippen LogP contribution in [0.3, 0.4) is 0 Å². The van der Waals surface area contributed by atoms with Crippen molar-refractivity contribution in [2.45, 2.75) is 38.1 Å². The largest absolute Gasteiger partial charge is 0.313 e. The average Bonchev–Trinajstić information content (AvgIpc) is 3.01. The number of rotatable bonds is 4. The molecule has 0 amide bonds. The van der Waals surface area contributed by atoms with Gasteiger partial charge < -0.3 is 5.32 Å². The second-order valence-electron chi connectivity index (χ2n) is 6.18. The maximum atomic E-state index is 13.9. The maximum absolute atomic E-state index is 13.9. The fourth-order valence-corrected chi connectivity index (χ4v) is 4.15. The third kappa shape index (κ3) is 2.53. The lowest BCUT2D eigenvalue weighted by Crippen LogP contribution is -2.23. The normalized spacial score (nSPS) is 30.8. The van der Waals surface area contributed by atoms with Crippen LogP contribution in [0.2, 0.25) is 0 Å². The highest BCUT2D eigenvalue weighted by atomic mass is 19.1. The molecule has 2 fully saturated rings. The van der Waals surface area contributed by atoms with Crippen LogP contribution in [0.5, 0.6) is 0 Å². The van der Waals surface area contributed by atoms with Crippen LogP contribution in [-0.2, 0) is 0 Å². The van der Waals surface area contributed by atoms with Gasteiger partial charge in [0.25, 0.3) is 0 Å². The molecule has 2 saturated carbocycles. The first kappa shape index (κ1) is 13.0. The molecule has 0 aliphatic heterocycles. The number of hydrogen-bond donors (Lipinski definition) is 1. The van der Waals surface area contributed by atoms with E-state index in [4.69, 9.17) is 0 Å². The van der Waals surface area contributed by atoms with Crippen LogP contribution in [0.25, 0.3) is 0 Å². The van der Waals surface area contributed by atoms with Gasteiger partial charge in [-0.3, -0.25) is 0 Å². The Balaban J connectivity index is 1.75. The average molecular weight is 265 g/mol. The van der Waals surface area contributed by atoms with Crippen molar-refractivity contribution in [3.05, 3.63) is 35.4 Å². The van der Waals surface area contributed by atoms with Crippen molar-refractivity contribution < 1.29 is 8.78 Å². The van der Waals surface area contributed by atoms with Crippen LogP contribution >= 0.6 is 0 Å². The monoisotopic (exact) mass is 265 g/mol. The summed E-state index contributed by atoms with van der Waals surface area (Å²) in [5, 5.41) is 3.17. The number of hydrogen-bond acceptors (Lipinski definition) is 1. The first-order valence-corrected chi connectivity index (χ1v) is 7.29. The Morgan fingerprint density at radius 2 is 2.11 bits per heavy atom. The summed E-state index contributed by atoms with van der Waals surface area (Å²) >= 11 is 0. The maximum Gasteiger partial charge on any atom is 0.128 e. The molecule has 0 heterocycles. The molecule has 1 N–H and O–H groups in total. The summed E-state index contributed by atoms with van der Waals surface area (Å²) in [6.07, 6.45) is 6.27. The summed E-state index contributed by atoms with van der Waals surface area (Å²) in [6, 6.07) is 3.68. The third-order valence-corrected chi connectivity index (χ3v) is 5.10. The summed E-state index contributed by atoms with van der Waals surface area (Å²) in [6.45, 7) is 0. The molecular weight excluding hydrogens is 244 g/mol. The van der Waals surface area contributed by atoms with Gasteiger partial charge in [-0.2, -0.15) is 0 Å². The van der Waals surface area contributed by atoms with Crippen molar-refractivity contribution in [3.8, 4) is 0 Å². The van der Waals surface area contributed by atoms with Crippen molar-refractivity contribution in [1.82, 2.24) is 5.32 Å². The Labute approximate surface area is 113 Å². The second kappa shape index (κ2) is 5.20. The highest BCUT2D eigenvalue weighted by Gasteiger charge is 2.40. The molecule has 0 aromatic heterocycles. The van der Waals surface area contributed by atoms with Gasteiger partial charge in [0.2, 0.25) is 0 Å². The molecule has 1 aromatic rings. The number of benzene rings is 1. The summed E-state index contributed by atoms with van der Waals surface area (Å²) in [7, 11) is 1.84. The number of halogens is 2. The minimum absolute atomic E-state index is 0.0694. The van der Waals surface area contributed by atoms with E-state index in [9.17, 15) is 8.78 Å². The quantitative estimate of drug-likeness (QED) is 0.866. The molecular formula is C16H21F2N. The van der Waals surface area contributed by atoms with E-state index >= 15 is 0 Å². The van der Waals surface area contributed by atoms with Gasteiger partial charge in [0, 0.05) is 11.6 Å². The van der Waals surface area contributed by atoms with Gasteiger partial charge in [-0.15, -0.1) is 0 Å². The Kier molecular flexibility index (Phi) is 3.57. The third-order valence-electron chi connectivity index (χ3n) is 5.10. The van der Waals surface area contributed by atoms with Crippen LogP contribution in [0.4, 0.5) is 8.78 Å². The van der Waals surface area contributed by atoms with Crippen molar-refractivity contribution in [1.29, 1.82) is 0 Å². The highest BCUT2D eigenvalue weighted by molar-refractivity contribution is 5.22. The second-order valence-corrected chi connectivity index (χ2v) is 6.18. The first-order chi connectivity index (χ1) is 9.17. The van der Waals surface area contributed by atoms with Crippen LogP contribution in [0, 0.1) is 29.4 Å². The molecule has 1 nitrogen and oxygen atoms in total. The van der Waals surface area contributed by atoms with E-state index in [1.165, 1.54) is 43.9 Å². The van der Waals surface area contributed by atoms with E-state index in [0.717, 1.165) is 18.3 Å². The van der Waals surface area contributed by atoms with Gasteiger partial charge in [-0.25, -0.2) is 8.78 Å². The lowest BCUT2D eigenvalue weighted by atomic mass is 9.82. The summed E-state index contributed by atoms with van der Waals surface area (Å²) < 4.78 is 27.2. The van der Waals surface area contributed by atoms with Crippen LogP contribution in [0.1, 0.15) is 43.7 Å². The van der Waals surface area contributed by atoms with E-state index < -0.39 is 0 Å². The lowest BCUT2D eigenvalue weighted by molar-refractivity contribution is 0.281. The molecule has 0 radical (unpaired) electrons. The van der Waals surface area contributed by atoms with Crippen LogP contribution in [0.15, 0.2) is 18.2 Å². The number of nitrogens with one attached hydrogen (secondary N) is 1. The van der Waals surface area contributed by atoms with Gasteiger partial charge in [-0.1, -0.05) is 6.42 Å². The summed E-state index contributed by atoms with van der Waals surface area (Å²) in [4.78, 5) is 0. The zero-order chi connectivity index (χ0) is 13.4. The minimum atomic E-state index is -0.357. The molecule has 1 aromatic carbocycles. The molecule has 2 bridgehead atoms. The summed E-state index contributed by atoms with van der Waals surface area (Å²) in [5.41, 5.74) is 0.477. The fraction of sp³-hybridized carbons (Fsp3) is 0.625. The molecule has 0 saturated heterocycles. The Morgan fingerprint density at radius 3 is 2.74 bits per heavy atom. The van der Waals surface area contributed by atoms with E-state index in [1.807, 2.05) is 7.05 Å². The molecule has 4 unspecified atom stereocenters. The molecule has 2 aliphatic carbocycles. The van der Waals surface area contributed by atoms with Gasteiger partial charge in [0.15, 0.2) is 0 Å². The van der Waals surface area contributed by atoms with Crippen molar-refractivity contribution in [2.75, 3.05) is 7.05 Å². The van der Waals surface area contributed by atoms with E-state index in [-0.39, 0.29) is 17.7 Å². The Morgan fingerprint density at radius 1 is 1.26 bits per heavy atom. The van der Waals surface area contributed by atoms with Crippen molar-refractivity contribution >= 4 is 0 Å². The number of fused-ring (bicyclic) bond motifs is 2. The Bertz CT molecular complexity index is 460. The van der Waals surface area contributed by atoms with Gasteiger partial charge in [0.05, 0.1) is 0 Å². The highest BCUT2D eigenvalue weighted by Crippen LogP contribution is 2.51. The molecule has 104 valence electrons.